The zero-order valence-corrected chi connectivity index (χ0v) is 16.6. The lowest BCUT2D eigenvalue weighted by molar-refractivity contribution is -0.765. The molecule has 0 aromatic carbocycles. The molecule has 2 heterocycles. The summed E-state index contributed by atoms with van der Waals surface area (Å²) in [5, 5.41) is 38.7. The smallest absolute Gasteiger partial charge is 0.469 e. The number of aliphatic hydroxyl groups is 2. The molecule has 5 atom stereocenters. The molecule has 0 aliphatic carbocycles. The van der Waals surface area contributed by atoms with Gasteiger partial charge in [-0.1, -0.05) is 0 Å². The van der Waals surface area contributed by atoms with Gasteiger partial charge in [0.15, 0.2) is 18.5 Å². The highest BCUT2D eigenvalue weighted by atomic mass is 31.2. The third-order valence-electron chi connectivity index (χ3n) is 3.83. The molecule has 0 radical (unpaired) electrons. The van der Waals surface area contributed by atoms with Crippen molar-refractivity contribution in [3.05, 3.63) is 30.1 Å². The van der Waals surface area contributed by atoms with E-state index in [4.69, 9.17) is 25.4 Å². The zero-order valence-electron chi connectivity index (χ0n) is 15.8. The molecule has 9 N–H and O–H groups in total. The van der Waals surface area contributed by atoms with Crippen LogP contribution in [0.25, 0.3) is 0 Å². The number of aromatic nitrogens is 1. The molecule has 1 amide bonds. The Hall–Kier alpha value is -2.49. The fourth-order valence-electron chi connectivity index (χ4n) is 2.36. The van der Waals surface area contributed by atoms with Crippen molar-refractivity contribution < 1.29 is 63.0 Å². The quantitative estimate of drug-likeness (QED) is 0.140. The van der Waals surface area contributed by atoms with E-state index in [9.17, 15) is 34.3 Å². The van der Waals surface area contributed by atoms with Gasteiger partial charge >= 0.3 is 13.8 Å². The zero-order chi connectivity index (χ0) is 23.9. The molecular formula is C15H22N3O12P. The topological polar surface area (TPSA) is 267 Å². The second-order valence-corrected chi connectivity index (χ2v) is 7.51. The van der Waals surface area contributed by atoms with Crippen LogP contribution >= 0.6 is 7.82 Å². The lowest BCUT2D eigenvalue weighted by Gasteiger charge is -2.13. The number of ether oxygens (including phenoxy) is 1. The summed E-state index contributed by atoms with van der Waals surface area (Å²) in [6.45, 7) is -0.639. The molecule has 1 aromatic heterocycles. The SMILES string of the molecule is NC(=O)CC(N)C(=O)O.O=C([O-])c1ccc[n+]([C@@H]2O[C@H](COP(=O)(O)O)[C@@H](O)[C@H]2O)c1. The fourth-order valence-corrected chi connectivity index (χ4v) is 2.70. The van der Waals surface area contributed by atoms with Gasteiger partial charge in [0.2, 0.25) is 5.91 Å². The van der Waals surface area contributed by atoms with Crippen LogP contribution in [0.4, 0.5) is 0 Å². The van der Waals surface area contributed by atoms with E-state index in [2.05, 4.69) is 10.3 Å². The van der Waals surface area contributed by atoms with Gasteiger partial charge < -0.3 is 51.2 Å². The molecule has 1 aliphatic rings. The number of aliphatic hydroxyl groups excluding tert-OH is 2. The van der Waals surface area contributed by atoms with Crippen molar-refractivity contribution in [1.82, 2.24) is 0 Å². The molecule has 1 aromatic rings. The third-order valence-corrected chi connectivity index (χ3v) is 4.32. The van der Waals surface area contributed by atoms with Crippen LogP contribution in [0.5, 0.6) is 0 Å². The molecule has 0 spiro atoms. The van der Waals surface area contributed by atoms with Crippen molar-refractivity contribution in [2.45, 2.75) is 37.0 Å². The highest BCUT2D eigenvalue weighted by molar-refractivity contribution is 7.46. The number of carboxylic acids is 2. The number of rotatable bonds is 8. The van der Waals surface area contributed by atoms with E-state index in [1.165, 1.54) is 22.9 Å². The Labute approximate surface area is 174 Å². The van der Waals surface area contributed by atoms with Crippen LogP contribution < -0.4 is 21.1 Å². The average Bonchev–Trinajstić information content (AvgIpc) is 2.94. The minimum Gasteiger partial charge on any atom is -0.545 e. The lowest BCUT2D eigenvalue weighted by Crippen LogP contribution is -2.46. The molecule has 174 valence electrons. The van der Waals surface area contributed by atoms with E-state index >= 15 is 0 Å². The van der Waals surface area contributed by atoms with Crippen LogP contribution in [-0.2, 0) is 23.4 Å². The van der Waals surface area contributed by atoms with Crippen LogP contribution in [0.3, 0.4) is 0 Å². The molecule has 1 unspecified atom stereocenters. The number of nitrogens with zero attached hydrogens (tertiary/aromatic N) is 1. The Balaban J connectivity index is 0.000000452. The van der Waals surface area contributed by atoms with Crippen molar-refractivity contribution in [2.24, 2.45) is 11.5 Å². The Morgan fingerprint density at radius 3 is 2.35 bits per heavy atom. The second-order valence-electron chi connectivity index (χ2n) is 6.28. The van der Waals surface area contributed by atoms with Gasteiger partial charge in [-0.3, -0.25) is 14.1 Å². The van der Waals surface area contributed by atoms with Gasteiger partial charge in [-0.25, -0.2) is 4.57 Å². The van der Waals surface area contributed by atoms with Gasteiger partial charge in [-0.2, -0.15) is 4.57 Å². The number of primary amides is 1. The monoisotopic (exact) mass is 467 g/mol. The number of carbonyl (C=O) groups excluding carboxylic acids is 2. The van der Waals surface area contributed by atoms with Gasteiger partial charge in [0.25, 0.3) is 6.23 Å². The van der Waals surface area contributed by atoms with Crippen molar-refractivity contribution in [3.63, 3.8) is 0 Å². The van der Waals surface area contributed by atoms with E-state index in [-0.39, 0.29) is 12.0 Å². The van der Waals surface area contributed by atoms with Crippen LogP contribution in [0.1, 0.15) is 23.0 Å². The maximum atomic E-state index is 10.8. The summed E-state index contributed by atoms with van der Waals surface area (Å²) < 4.78 is 21.4. The molecule has 0 bridgehead atoms. The molecule has 1 saturated heterocycles. The predicted molar refractivity (Wildman–Crippen MR) is 94.3 cm³/mol. The Bertz CT molecular complexity index is 846. The van der Waals surface area contributed by atoms with Gasteiger partial charge in [0.1, 0.15) is 18.2 Å². The van der Waals surface area contributed by atoms with Crippen LogP contribution in [0, 0.1) is 0 Å². The largest absolute Gasteiger partial charge is 0.545 e. The third kappa shape index (κ3) is 8.64. The maximum absolute atomic E-state index is 10.8. The summed E-state index contributed by atoms with van der Waals surface area (Å²) >= 11 is 0. The molecule has 1 fully saturated rings. The molecule has 1 aliphatic heterocycles. The first-order chi connectivity index (χ1) is 14.2. The van der Waals surface area contributed by atoms with Gasteiger partial charge in [-0.15, -0.1) is 0 Å². The molecule has 16 heteroatoms. The average molecular weight is 467 g/mol. The number of hydrogen-bond acceptors (Lipinski definition) is 10. The molecule has 0 saturated carbocycles. The molecule has 2 rings (SSSR count). The Morgan fingerprint density at radius 1 is 1.29 bits per heavy atom. The van der Waals surface area contributed by atoms with Crippen molar-refractivity contribution in [2.75, 3.05) is 6.61 Å². The minimum absolute atomic E-state index is 0.164. The summed E-state index contributed by atoms with van der Waals surface area (Å²) in [6.07, 6.45) is -2.99. The predicted octanol–water partition coefficient (Wildman–Crippen LogP) is -4.66. The number of pyridine rings is 1. The number of carbonyl (C=O) groups is 3. The Morgan fingerprint density at radius 2 is 1.90 bits per heavy atom. The van der Waals surface area contributed by atoms with Crippen LogP contribution in [-0.4, -0.2) is 73.9 Å². The van der Waals surface area contributed by atoms with Crippen molar-refractivity contribution >= 4 is 25.7 Å². The number of carboxylic acid groups (broad SMARTS) is 2. The summed E-state index contributed by atoms with van der Waals surface area (Å²) in [4.78, 5) is 47.9. The van der Waals surface area contributed by atoms with Gasteiger partial charge in [0.05, 0.1) is 24.6 Å². The fraction of sp³-hybridized carbons (Fsp3) is 0.467. The Kier molecular flexibility index (Phi) is 9.61. The van der Waals surface area contributed by atoms with E-state index in [0.29, 0.717) is 0 Å². The number of phosphoric acid groups is 1. The summed E-state index contributed by atoms with van der Waals surface area (Å²) in [5.41, 5.74) is 9.40. The first-order valence-electron chi connectivity index (χ1n) is 8.43. The van der Waals surface area contributed by atoms with E-state index in [1.54, 1.807) is 0 Å². The van der Waals surface area contributed by atoms with Crippen molar-refractivity contribution in [3.8, 4) is 0 Å². The normalized spacial score (nSPS) is 24.0. The highest BCUT2D eigenvalue weighted by Gasteiger charge is 2.48. The highest BCUT2D eigenvalue weighted by Crippen LogP contribution is 2.37. The van der Waals surface area contributed by atoms with Gasteiger partial charge in [0, 0.05) is 6.07 Å². The summed E-state index contributed by atoms with van der Waals surface area (Å²) in [7, 11) is -4.74. The van der Waals surface area contributed by atoms with Crippen LogP contribution in [0.2, 0.25) is 0 Å². The van der Waals surface area contributed by atoms with Crippen LogP contribution in [0.15, 0.2) is 24.5 Å². The standard InChI is InChI=1S/C11H14NO9P.C4H8N2O3/c13-8-7(5-20-22(17,18)19)21-10(9(8)14)12-3-1-2-6(4-12)11(15)16;5-2(4(8)9)1-3(6)7/h1-4,7-10,13-14H,5H2,(H2-,15,16,17,18,19);2H,1,5H2,(H2,6,7)(H,8,9)/t7-,8-,9-,10-;/m1./s1. The first kappa shape index (κ1) is 26.5. The molecule has 31 heavy (non-hydrogen) atoms. The maximum Gasteiger partial charge on any atom is 0.469 e. The number of phosphoric ester groups is 1. The summed E-state index contributed by atoms with van der Waals surface area (Å²) in [6, 6.07) is 1.49. The lowest BCUT2D eigenvalue weighted by atomic mass is 10.1. The summed E-state index contributed by atoms with van der Waals surface area (Å²) in [5.74, 6) is -3.34. The number of nitrogens with two attached hydrogens (primary N) is 2. The molecular weight excluding hydrogens is 445 g/mol. The number of aliphatic carboxylic acids is 1. The van der Waals surface area contributed by atoms with Gasteiger partial charge in [-0.05, 0) is 6.07 Å². The van der Waals surface area contributed by atoms with Crippen molar-refractivity contribution in [1.29, 1.82) is 0 Å². The van der Waals surface area contributed by atoms with E-state index < -0.39 is 62.9 Å². The number of aromatic carboxylic acids is 1. The van der Waals surface area contributed by atoms with E-state index in [0.717, 1.165) is 6.20 Å². The number of hydrogen-bond donors (Lipinski definition) is 7. The van der Waals surface area contributed by atoms with E-state index in [1.807, 2.05) is 0 Å². The second kappa shape index (κ2) is 11.2. The minimum atomic E-state index is -4.74. The number of amides is 1. The molecule has 15 nitrogen and oxygen atoms in total. The first-order valence-corrected chi connectivity index (χ1v) is 9.96.